The number of rotatable bonds is 3. The van der Waals surface area contributed by atoms with Crippen molar-refractivity contribution in [3.05, 3.63) is 56.7 Å². The average Bonchev–Trinajstić information content (AvgIpc) is 2.40. The van der Waals surface area contributed by atoms with E-state index in [1.54, 1.807) is 6.20 Å². The molecule has 5 heteroatoms. The molecule has 1 heterocycles. The average molecular weight is 335 g/mol. The van der Waals surface area contributed by atoms with Crippen molar-refractivity contribution in [3.8, 4) is 0 Å². The van der Waals surface area contributed by atoms with E-state index in [2.05, 4.69) is 52.3 Å². The number of pyridine rings is 1. The van der Waals surface area contributed by atoms with E-state index in [-0.39, 0.29) is 6.04 Å². The normalized spacial score (nSPS) is 12.4. The summed E-state index contributed by atoms with van der Waals surface area (Å²) in [7, 11) is 0. The number of hydrogen-bond donors (Lipinski definition) is 3. The molecule has 0 aliphatic carbocycles. The predicted molar refractivity (Wildman–Crippen MR) is 86.2 cm³/mol. The maximum absolute atomic E-state index is 6.03. The van der Waals surface area contributed by atoms with Crippen LogP contribution in [0.5, 0.6) is 0 Å². The zero-order chi connectivity index (χ0) is 14.9. The van der Waals surface area contributed by atoms with Gasteiger partial charge in [0.05, 0.1) is 6.04 Å². The number of hydrogen-bond acceptors (Lipinski definition) is 4. The minimum absolute atomic E-state index is 0.172. The molecule has 1 aromatic carbocycles. The van der Waals surface area contributed by atoms with Crippen molar-refractivity contribution in [2.45, 2.75) is 26.8 Å². The van der Waals surface area contributed by atoms with Gasteiger partial charge in [-0.2, -0.15) is 0 Å². The van der Waals surface area contributed by atoms with E-state index < -0.39 is 0 Å². The van der Waals surface area contributed by atoms with Crippen molar-refractivity contribution in [3.63, 3.8) is 0 Å². The molecule has 0 aliphatic rings. The highest BCUT2D eigenvalue weighted by Crippen LogP contribution is 2.31. The third-order valence-corrected chi connectivity index (χ3v) is 4.74. The van der Waals surface area contributed by atoms with Gasteiger partial charge in [0.15, 0.2) is 0 Å². The van der Waals surface area contributed by atoms with Crippen molar-refractivity contribution >= 4 is 21.7 Å². The van der Waals surface area contributed by atoms with Gasteiger partial charge < -0.3 is 5.73 Å². The summed E-state index contributed by atoms with van der Waals surface area (Å²) in [6.07, 6.45) is 1.71. The molecule has 0 aliphatic heterocycles. The Morgan fingerprint density at radius 3 is 2.25 bits per heavy atom. The van der Waals surface area contributed by atoms with E-state index in [0.29, 0.717) is 5.82 Å². The number of halogens is 1. The van der Waals surface area contributed by atoms with E-state index in [1.165, 1.54) is 11.1 Å². The number of anilines is 1. The topological polar surface area (TPSA) is 77.0 Å². The summed E-state index contributed by atoms with van der Waals surface area (Å²) in [5.41, 5.74) is 14.3. The molecular weight excluding hydrogens is 316 g/mol. The molecule has 0 amide bonds. The number of hydrazine groups is 1. The van der Waals surface area contributed by atoms with E-state index in [9.17, 15) is 0 Å². The van der Waals surface area contributed by atoms with Gasteiger partial charge in [-0.15, -0.1) is 0 Å². The van der Waals surface area contributed by atoms with Gasteiger partial charge in [-0.25, -0.2) is 10.4 Å². The smallest absolute Gasteiger partial charge is 0.128 e. The first-order valence-electron chi connectivity index (χ1n) is 6.39. The van der Waals surface area contributed by atoms with Gasteiger partial charge in [0, 0.05) is 16.2 Å². The number of benzene rings is 1. The van der Waals surface area contributed by atoms with Crippen LogP contribution in [0.4, 0.5) is 5.82 Å². The number of nitrogens with two attached hydrogens (primary N) is 2. The van der Waals surface area contributed by atoms with Crippen LogP contribution >= 0.6 is 15.9 Å². The number of nitrogen functional groups attached to an aromatic ring is 1. The van der Waals surface area contributed by atoms with Crippen LogP contribution < -0.4 is 17.0 Å². The summed E-state index contributed by atoms with van der Waals surface area (Å²) in [5.74, 6) is 6.27. The Labute approximate surface area is 127 Å². The number of aryl methyl sites for hydroxylation is 3. The standard InChI is InChI=1S/C15H19BrN4/c1-8-4-5-19-15(17)12(8)14(20-18)11-6-9(2)13(16)10(3)7-11/h4-7,14,20H,18H2,1-3H3,(H2,17,19). The van der Waals surface area contributed by atoms with E-state index in [1.807, 2.05) is 13.0 Å². The van der Waals surface area contributed by atoms with E-state index in [4.69, 9.17) is 11.6 Å². The molecule has 5 N–H and O–H groups in total. The first kappa shape index (κ1) is 15.0. The SMILES string of the molecule is Cc1cc(C(NN)c2c(C)ccnc2N)cc(C)c1Br. The van der Waals surface area contributed by atoms with Gasteiger partial charge in [0.2, 0.25) is 0 Å². The number of nitrogens with one attached hydrogen (secondary N) is 1. The Balaban J connectivity index is 2.59. The van der Waals surface area contributed by atoms with Gasteiger partial charge >= 0.3 is 0 Å². The third-order valence-electron chi connectivity index (χ3n) is 3.49. The van der Waals surface area contributed by atoms with Crippen LogP contribution in [0.25, 0.3) is 0 Å². The molecule has 0 bridgehead atoms. The second-order valence-corrected chi connectivity index (χ2v) is 5.79. The van der Waals surface area contributed by atoms with Gasteiger partial charge in [-0.1, -0.05) is 28.1 Å². The molecule has 2 aromatic rings. The first-order chi connectivity index (χ1) is 9.45. The molecule has 0 saturated heterocycles. The van der Waals surface area contributed by atoms with Crippen molar-refractivity contribution in [1.82, 2.24) is 10.4 Å². The quantitative estimate of drug-likeness (QED) is 0.595. The lowest BCUT2D eigenvalue weighted by Crippen LogP contribution is -2.30. The molecule has 0 spiro atoms. The van der Waals surface area contributed by atoms with Crippen LogP contribution in [0.2, 0.25) is 0 Å². The molecule has 20 heavy (non-hydrogen) atoms. The lowest BCUT2D eigenvalue weighted by atomic mass is 9.94. The molecule has 106 valence electrons. The highest BCUT2D eigenvalue weighted by atomic mass is 79.9. The highest BCUT2D eigenvalue weighted by molar-refractivity contribution is 9.10. The summed E-state index contributed by atoms with van der Waals surface area (Å²) in [4.78, 5) is 4.17. The van der Waals surface area contributed by atoms with Crippen LogP contribution in [0.1, 0.15) is 33.9 Å². The fourth-order valence-electron chi connectivity index (χ4n) is 2.46. The lowest BCUT2D eigenvalue weighted by molar-refractivity contribution is 0.632. The first-order valence-corrected chi connectivity index (χ1v) is 7.18. The van der Waals surface area contributed by atoms with E-state index in [0.717, 1.165) is 21.2 Å². The van der Waals surface area contributed by atoms with Crippen LogP contribution in [0.15, 0.2) is 28.9 Å². The Kier molecular flexibility index (Phi) is 4.42. The second kappa shape index (κ2) is 5.91. The van der Waals surface area contributed by atoms with Crippen molar-refractivity contribution < 1.29 is 0 Å². The second-order valence-electron chi connectivity index (χ2n) is 5.00. The maximum atomic E-state index is 6.03. The Bertz CT molecular complexity index is 597. The van der Waals surface area contributed by atoms with Crippen LogP contribution in [0.3, 0.4) is 0 Å². The van der Waals surface area contributed by atoms with Crippen LogP contribution in [0, 0.1) is 20.8 Å². The molecule has 0 fully saturated rings. The molecule has 1 unspecified atom stereocenters. The largest absolute Gasteiger partial charge is 0.383 e. The van der Waals surface area contributed by atoms with Gasteiger partial charge in [-0.3, -0.25) is 5.84 Å². The van der Waals surface area contributed by atoms with Gasteiger partial charge in [0.1, 0.15) is 5.82 Å². The maximum Gasteiger partial charge on any atom is 0.128 e. The van der Waals surface area contributed by atoms with Gasteiger partial charge in [-0.05, 0) is 49.1 Å². The van der Waals surface area contributed by atoms with Crippen molar-refractivity contribution in [2.75, 3.05) is 5.73 Å². The van der Waals surface area contributed by atoms with Crippen molar-refractivity contribution in [2.24, 2.45) is 5.84 Å². The summed E-state index contributed by atoms with van der Waals surface area (Å²) >= 11 is 3.58. The minimum Gasteiger partial charge on any atom is -0.383 e. The highest BCUT2D eigenvalue weighted by Gasteiger charge is 2.19. The molecule has 0 saturated carbocycles. The number of nitrogens with zero attached hydrogens (tertiary/aromatic N) is 1. The zero-order valence-electron chi connectivity index (χ0n) is 11.9. The fraction of sp³-hybridized carbons (Fsp3) is 0.267. The van der Waals surface area contributed by atoms with Crippen LogP contribution in [-0.2, 0) is 0 Å². The molecule has 1 atom stereocenters. The molecule has 1 aromatic heterocycles. The molecule has 2 rings (SSSR count). The molecular formula is C15H19BrN4. The minimum atomic E-state index is -0.172. The van der Waals surface area contributed by atoms with Crippen molar-refractivity contribution in [1.29, 1.82) is 0 Å². The Morgan fingerprint density at radius 2 is 1.75 bits per heavy atom. The predicted octanol–water partition coefficient (Wildman–Crippen LogP) is 2.90. The number of aromatic nitrogens is 1. The van der Waals surface area contributed by atoms with E-state index >= 15 is 0 Å². The van der Waals surface area contributed by atoms with Gasteiger partial charge in [0.25, 0.3) is 0 Å². The van der Waals surface area contributed by atoms with Crippen LogP contribution in [-0.4, -0.2) is 4.98 Å². The Hall–Kier alpha value is -1.43. The summed E-state index contributed by atoms with van der Waals surface area (Å²) in [6.45, 7) is 6.14. The Morgan fingerprint density at radius 1 is 1.15 bits per heavy atom. The zero-order valence-corrected chi connectivity index (χ0v) is 13.5. The fourth-order valence-corrected chi connectivity index (χ4v) is 2.69. The summed E-state index contributed by atoms with van der Waals surface area (Å²) in [6, 6.07) is 5.98. The molecule has 4 nitrogen and oxygen atoms in total. The lowest BCUT2D eigenvalue weighted by Gasteiger charge is -2.21. The third kappa shape index (κ3) is 2.70. The summed E-state index contributed by atoms with van der Waals surface area (Å²) < 4.78 is 1.12. The summed E-state index contributed by atoms with van der Waals surface area (Å²) in [5, 5.41) is 0. The monoisotopic (exact) mass is 334 g/mol. The molecule has 0 radical (unpaired) electrons.